The van der Waals surface area contributed by atoms with Crippen molar-refractivity contribution in [2.45, 2.75) is 31.3 Å². The maximum atomic E-state index is 10.5. The first kappa shape index (κ1) is 12.3. The van der Waals surface area contributed by atoms with Crippen LogP contribution in [0.1, 0.15) is 6.92 Å². The molecule has 0 unspecified atom stereocenters. The van der Waals surface area contributed by atoms with E-state index in [9.17, 15) is 4.79 Å². The summed E-state index contributed by atoms with van der Waals surface area (Å²) in [6.45, 7) is 1.19. The van der Waals surface area contributed by atoms with Gasteiger partial charge in [0.2, 0.25) is 0 Å². The standard InChI is InChI=1S/C6H13NO6/c1-2(8)3(9)4(10)5(11)6(12)13-7/h2-5,8-11H,7H2,1H3/t2-,3-,4+,5-/m1/s1. The first-order valence-corrected chi connectivity index (χ1v) is 3.54. The fraction of sp³-hybridized carbons (Fsp3) is 0.833. The largest absolute Gasteiger partial charge is 0.391 e. The van der Waals surface area contributed by atoms with Gasteiger partial charge >= 0.3 is 5.97 Å². The van der Waals surface area contributed by atoms with Gasteiger partial charge in [0.25, 0.3) is 0 Å². The Labute approximate surface area is 74.3 Å². The molecule has 4 atom stereocenters. The third kappa shape index (κ3) is 3.25. The number of hydrogen-bond donors (Lipinski definition) is 5. The average molecular weight is 195 g/mol. The van der Waals surface area contributed by atoms with Crippen LogP contribution in [0.5, 0.6) is 0 Å². The lowest BCUT2D eigenvalue weighted by atomic mass is 10.0. The number of nitrogens with two attached hydrogens (primary N) is 1. The lowest BCUT2D eigenvalue weighted by Crippen LogP contribution is -2.47. The Morgan fingerprint density at radius 3 is 2.00 bits per heavy atom. The molecule has 13 heavy (non-hydrogen) atoms. The molecule has 0 aromatic carbocycles. The zero-order valence-corrected chi connectivity index (χ0v) is 6.99. The van der Waals surface area contributed by atoms with Crippen LogP contribution in [0.2, 0.25) is 0 Å². The Morgan fingerprint density at radius 2 is 1.69 bits per heavy atom. The molecule has 7 nitrogen and oxygen atoms in total. The summed E-state index contributed by atoms with van der Waals surface area (Å²) in [5.74, 6) is 3.14. The van der Waals surface area contributed by atoms with Crippen molar-refractivity contribution in [2.75, 3.05) is 0 Å². The average Bonchev–Trinajstić information content (AvgIpc) is 2.12. The molecule has 6 N–H and O–H groups in total. The number of rotatable bonds is 4. The summed E-state index contributed by atoms with van der Waals surface area (Å²) in [6.07, 6.45) is -6.74. The summed E-state index contributed by atoms with van der Waals surface area (Å²) < 4.78 is 0. The SMILES string of the molecule is C[C@@H](O)[C@@H](O)[C@H](O)[C@@H](O)C(=O)ON. The number of carbonyl (C=O) groups is 1. The molecule has 0 bridgehead atoms. The summed E-state index contributed by atoms with van der Waals surface area (Å²) in [4.78, 5) is 14.2. The highest BCUT2D eigenvalue weighted by molar-refractivity contribution is 5.74. The number of hydrogen-bond acceptors (Lipinski definition) is 7. The fourth-order valence-corrected chi connectivity index (χ4v) is 0.681. The van der Waals surface area contributed by atoms with Gasteiger partial charge < -0.3 is 25.3 Å². The van der Waals surface area contributed by atoms with Gasteiger partial charge in [-0.1, -0.05) is 0 Å². The summed E-state index contributed by atoms with van der Waals surface area (Å²) in [5, 5.41) is 35.8. The smallest absolute Gasteiger partial charge is 0.356 e. The summed E-state index contributed by atoms with van der Waals surface area (Å²) in [6, 6.07) is 0. The molecule has 0 aliphatic carbocycles. The van der Waals surface area contributed by atoms with E-state index in [2.05, 4.69) is 10.7 Å². The molecule has 0 aromatic heterocycles. The van der Waals surface area contributed by atoms with Gasteiger partial charge in [-0.05, 0) is 6.92 Å². The van der Waals surface area contributed by atoms with E-state index in [0.717, 1.165) is 0 Å². The van der Waals surface area contributed by atoms with Crippen molar-refractivity contribution in [1.29, 1.82) is 0 Å². The van der Waals surface area contributed by atoms with E-state index in [1.807, 2.05) is 0 Å². The van der Waals surface area contributed by atoms with Crippen LogP contribution in [0.3, 0.4) is 0 Å². The minimum Gasteiger partial charge on any atom is -0.391 e. The van der Waals surface area contributed by atoms with Gasteiger partial charge in [-0.25, -0.2) is 4.79 Å². The Hall–Kier alpha value is -0.730. The van der Waals surface area contributed by atoms with E-state index in [1.54, 1.807) is 0 Å². The van der Waals surface area contributed by atoms with Crippen LogP contribution in [0.25, 0.3) is 0 Å². The number of carbonyl (C=O) groups excluding carboxylic acids is 1. The number of aliphatic hydroxyl groups is 4. The third-order valence-corrected chi connectivity index (χ3v) is 1.53. The predicted octanol–water partition coefficient (Wildman–Crippen LogP) is -3.13. The Morgan fingerprint density at radius 1 is 1.23 bits per heavy atom. The van der Waals surface area contributed by atoms with Gasteiger partial charge in [-0.2, -0.15) is 5.90 Å². The van der Waals surface area contributed by atoms with Gasteiger partial charge in [0, 0.05) is 0 Å². The molecule has 0 aromatic rings. The van der Waals surface area contributed by atoms with Crippen LogP contribution in [-0.2, 0) is 9.63 Å². The van der Waals surface area contributed by atoms with Gasteiger partial charge in [0.05, 0.1) is 6.10 Å². The van der Waals surface area contributed by atoms with Crippen LogP contribution in [0.15, 0.2) is 0 Å². The van der Waals surface area contributed by atoms with Crippen molar-refractivity contribution >= 4 is 5.97 Å². The third-order valence-electron chi connectivity index (χ3n) is 1.53. The van der Waals surface area contributed by atoms with Crippen molar-refractivity contribution < 1.29 is 30.1 Å². The molecule has 0 spiro atoms. The summed E-state index contributed by atoms with van der Waals surface area (Å²) in [7, 11) is 0. The molecule has 0 aliphatic heterocycles. The lowest BCUT2D eigenvalue weighted by Gasteiger charge is -2.22. The second kappa shape index (κ2) is 5.10. The minimum absolute atomic E-state index is 1.19. The molecule has 0 saturated carbocycles. The second-order valence-electron chi connectivity index (χ2n) is 2.60. The Kier molecular flexibility index (Phi) is 4.81. The highest BCUT2D eigenvalue weighted by Gasteiger charge is 2.33. The van der Waals surface area contributed by atoms with Crippen molar-refractivity contribution in [3.05, 3.63) is 0 Å². The summed E-state index contributed by atoms with van der Waals surface area (Å²) in [5.41, 5.74) is 0. The van der Waals surface area contributed by atoms with E-state index in [-0.39, 0.29) is 0 Å². The molecule has 7 heteroatoms. The van der Waals surface area contributed by atoms with Crippen LogP contribution < -0.4 is 5.90 Å². The Balaban J connectivity index is 4.24. The molecular weight excluding hydrogens is 182 g/mol. The van der Waals surface area contributed by atoms with Crippen molar-refractivity contribution in [2.24, 2.45) is 5.90 Å². The van der Waals surface area contributed by atoms with Crippen LogP contribution in [0.4, 0.5) is 0 Å². The second-order valence-corrected chi connectivity index (χ2v) is 2.60. The lowest BCUT2D eigenvalue weighted by molar-refractivity contribution is -0.168. The topological polar surface area (TPSA) is 133 Å². The normalized spacial score (nSPS) is 20.2. The highest BCUT2D eigenvalue weighted by Crippen LogP contribution is 2.05. The van der Waals surface area contributed by atoms with Gasteiger partial charge in [-0.15, -0.1) is 0 Å². The van der Waals surface area contributed by atoms with Crippen LogP contribution in [0, 0.1) is 0 Å². The first-order chi connectivity index (χ1) is 5.91. The molecule has 78 valence electrons. The predicted molar refractivity (Wildman–Crippen MR) is 40.0 cm³/mol. The maximum absolute atomic E-state index is 10.5. The number of aliphatic hydroxyl groups excluding tert-OH is 4. The van der Waals surface area contributed by atoms with Crippen LogP contribution in [-0.4, -0.2) is 50.8 Å². The zero-order chi connectivity index (χ0) is 10.6. The molecule has 0 amide bonds. The fourth-order valence-electron chi connectivity index (χ4n) is 0.681. The molecule has 0 radical (unpaired) electrons. The van der Waals surface area contributed by atoms with Gasteiger partial charge in [-0.3, -0.25) is 0 Å². The maximum Gasteiger partial charge on any atom is 0.356 e. The highest BCUT2D eigenvalue weighted by atomic mass is 16.7. The Bertz CT molecular complexity index is 173. The monoisotopic (exact) mass is 195 g/mol. The molecule has 0 saturated heterocycles. The van der Waals surface area contributed by atoms with E-state index < -0.39 is 30.4 Å². The first-order valence-electron chi connectivity index (χ1n) is 3.54. The molecular formula is C6H13NO6. The molecule has 0 heterocycles. The van der Waals surface area contributed by atoms with Gasteiger partial charge in [0.15, 0.2) is 6.10 Å². The van der Waals surface area contributed by atoms with Crippen molar-refractivity contribution in [1.82, 2.24) is 0 Å². The quantitative estimate of drug-likeness (QED) is 0.299. The summed E-state index contributed by atoms with van der Waals surface area (Å²) >= 11 is 0. The van der Waals surface area contributed by atoms with Crippen LogP contribution >= 0.6 is 0 Å². The van der Waals surface area contributed by atoms with E-state index in [1.165, 1.54) is 6.92 Å². The van der Waals surface area contributed by atoms with E-state index >= 15 is 0 Å². The van der Waals surface area contributed by atoms with Crippen molar-refractivity contribution in [3.63, 3.8) is 0 Å². The van der Waals surface area contributed by atoms with Gasteiger partial charge in [0.1, 0.15) is 12.2 Å². The molecule has 0 fully saturated rings. The van der Waals surface area contributed by atoms with E-state index in [0.29, 0.717) is 0 Å². The molecule has 0 rings (SSSR count). The zero-order valence-electron chi connectivity index (χ0n) is 6.99. The molecule has 0 aliphatic rings. The van der Waals surface area contributed by atoms with Crippen molar-refractivity contribution in [3.8, 4) is 0 Å². The van der Waals surface area contributed by atoms with E-state index in [4.69, 9.17) is 20.4 Å². The minimum atomic E-state index is -1.98.